The van der Waals surface area contributed by atoms with E-state index < -0.39 is 0 Å². The van der Waals surface area contributed by atoms with E-state index in [1.54, 1.807) is 7.11 Å². The highest BCUT2D eigenvalue weighted by Crippen LogP contribution is 2.51. The molecule has 0 amide bonds. The van der Waals surface area contributed by atoms with Gasteiger partial charge in [0.25, 0.3) is 0 Å². The molecule has 2 aliphatic heterocycles. The zero-order valence-electron chi connectivity index (χ0n) is 16.1. The Labute approximate surface area is 164 Å². The molecule has 1 fully saturated rings. The Morgan fingerprint density at radius 2 is 2.04 bits per heavy atom. The number of pyridine rings is 1. The highest BCUT2D eigenvalue weighted by molar-refractivity contribution is 8.14. The van der Waals surface area contributed by atoms with Crippen molar-refractivity contribution in [1.82, 2.24) is 9.88 Å². The van der Waals surface area contributed by atoms with Gasteiger partial charge in [0.05, 0.1) is 24.9 Å². The van der Waals surface area contributed by atoms with Gasteiger partial charge >= 0.3 is 0 Å². The monoisotopic (exact) mass is 383 g/mol. The van der Waals surface area contributed by atoms with Crippen molar-refractivity contribution in [3.8, 4) is 11.5 Å². The fraction of sp³-hybridized carbons (Fsp3) is 0.429. The summed E-state index contributed by atoms with van der Waals surface area (Å²) in [5, 5.41) is 1.62. The van der Waals surface area contributed by atoms with Crippen LogP contribution in [-0.2, 0) is 0 Å². The summed E-state index contributed by atoms with van der Waals surface area (Å²) in [5.74, 6) is 1.57. The number of amidine groups is 1. The maximum atomic E-state index is 6.21. The molecule has 0 saturated carbocycles. The Balaban J connectivity index is 1.83. The number of methoxy groups -OCH3 is 1. The number of thioether (sulfide) groups is 1. The second-order valence-electron chi connectivity index (χ2n) is 7.18. The van der Waals surface area contributed by atoms with Gasteiger partial charge in [-0.2, -0.15) is 0 Å². The lowest BCUT2D eigenvalue weighted by atomic mass is 9.95. The van der Waals surface area contributed by atoms with Crippen molar-refractivity contribution in [3.05, 3.63) is 53.9 Å². The molecule has 6 heteroatoms. The van der Waals surface area contributed by atoms with E-state index in [0.29, 0.717) is 5.25 Å². The molecule has 4 rings (SSSR count). The number of hydrogen-bond acceptors (Lipinski definition) is 6. The lowest BCUT2D eigenvalue weighted by molar-refractivity contribution is 0.218. The number of para-hydroxylation sites is 1. The van der Waals surface area contributed by atoms with Crippen LogP contribution in [0.2, 0.25) is 0 Å². The molecular weight excluding hydrogens is 358 g/mol. The van der Waals surface area contributed by atoms with Crippen LogP contribution in [0.15, 0.2) is 47.6 Å². The second-order valence-corrected chi connectivity index (χ2v) is 8.59. The fourth-order valence-electron chi connectivity index (χ4n) is 3.74. The normalized spacial score (nSPS) is 24.1. The average molecular weight is 384 g/mol. The van der Waals surface area contributed by atoms with Gasteiger partial charge in [-0.1, -0.05) is 36.9 Å². The van der Waals surface area contributed by atoms with Gasteiger partial charge in [-0.3, -0.25) is 9.98 Å². The summed E-state index contributed by atoms with van der Waals surface area (Å²) < 4.78 is 11.8. The highest BCUT2D eigenvalue weighted by Gasteiger charge is 2.45. The predicted molar refractivity (Wildman–Crippen MR) is 110 cm³/mol. The molecule has 3 heterocycles. The van der Waals surface area contributed by atoms with Gasteiger partial charge in [0.1, 0.15) is 6.04 Å². The Hall–Kier alpha value is -2.21. The second kappa shape index (κ2) is 7.43. The number of rotatable bonds is 5. The third-order valence-corrected chi connectivity index (χ3v) is 5.88. The van der Waals surface area contributed by atoms with Crippen molar-refractivity contribution in [1.29, 1.82) is 0 Å². The molecule has 142 valence electrons. The van der Waals surface area contributed by atoms with Crippen LogP contribution >= 0.6 is 11.8 Å². The lowest BCUT2D eigenvalue weighted by Gasteiger charge is -2.30. The zero-order chi connectivity index (χ0) is 19.0. The van der Waals surface area contributed by atoms with E-state index in [0.717, 1.165) is 34.5 Å². The maximum Gasteiger partial charge on any atom is 0.166 e. The number of fused-ring (bicyclic) bond motifs is 1. The first kappa shape index (κ1) is 18.2. The van der Waals surface area contributed by atoms with Gasteiger partial charge in [0.2, 0.25) is 0 Å². The number of benzene rings is 1. The minimum absolute atomic E-state index is 0.0520. The van der Waals surface area contributed by atoms with Crippen LogP contribution in [0.25, 0.3) is 0 Å². The molecule has 0 radical (unpaired) electrons. The van der Waals surface area contributed by atoms with Crippen LogP contribution in [0.1, 0.15) is 44.1 Å². The van der Waals surface area contributed by atoms with E-state index in [-0.39, 0.29) is 18.2 Å². The van der Waals surface area contributed by atoms with Crippen molar-refractivity contribution < 1.29 is 9.47 Å². The smallest absolute Gasteiger partial charge is 0.166 e. The standard InChI is InChI=1S/C21H25N3O2S/c1-13(2)26-20-15(8-7-10-17(20)25-4)19-18(16-9-5-6-11-22-16)23-21-24(19)12-14(3)27-21/h5-11,13-14,18-19H,12H2,1-4H3/t14-,18+,19-/m0/s1. The van der Waals surface area contributed by atoms with E-state index >= 15 is 0 Å². The Bertz CT molecular complexity index is 841. The minimum atomic E-state index is -0.0529. The largest absolute Gasteiger partial charge is 0.493 e. The summed E-state index contributed by atoms with van der Waals surface area (Å²) in [7, 11) is 1.69. The number of ether oxygens (including phenoxy) is 2. The molecule has 0 unspecified atom stereocenters. The minimum Gasteiger partial charge on any atom is -0.493 e. The predicted octanol–water partition coefficient (Wildman–Crippen LogP) is 4.47. The molecule has 1 aromatic heterocycles. The fourth-order valence-corrected chi connectivity index (χ4v) is 4.84. The molecule has 2 aliphatic rings. The summed E-state index contributed by atoms with van der Waals surface area (Å²) in [6.45, 7) is 7.29. The summed E-state index contributed by atoms with van der Waals surface area (Å²) in [5.41, 5.74) is 2.09. The van der Waals surface area contributed by atoms with Crippen molar-refractivity contribution in [2.75, 3.05) is 13.7 Å². The SMILES string of the molecule is COc1cccc([C@H]2[C@@H](c3ccccn3)N=C3S[C@@H](C)CN32)c1OC(C)C. The number of aliphatic imine (C=N–C) groups is 1. The average Bonchev–Trinajstić information content (AvgIpc) is 3.18. The molecule has 0 N–H and O–H groups in total. The maximum absolute atomic E-state index is 6.21. The molecule has 0 aliphatic carbocycles. The van der Waals surface area contributed by atoms with Crippen molar-refractivity contribution in [2.24, 2.45) is 4.99 Å². The topological polar surface area (TPSA) is 47.0 Å². The Morgan fingerprint density at radius 3 is 2.74 bits per heavy atom. The van der Waals surface area contributed by atoms with Crippen LogP contribution in [-0.4, -0.2) is 40.1 Å². The molecule has 3 atom stereocenters. The highest BCUT2D eigenvalue weighted by atomic mass is 32.2. The van der Waals surface area contributed by atoms with Gasteiger partial charge in [0, 0.05) is 23.6 Å². The van der Waals surface area contributed by atoms with Crippen molar-refractivity contribution in [3.63, 3.8) is 0 Å². The number of hydrogen-bond donors (Lipinski definition) is 0. The van der Waals surface area contributed by atoms with E-state index in [2.05, 4.69) is 28.9 Å². The molecule has 1 saturated heterocycles. The van der Waals surface area contributed by atoms with Gasteiger partial charge < -0.3 is 14.4 Å². The van der Waals surface area contributed by atoms with Crippen molar-refractivity contribution >= 4 is 16.9 Å². The first-order valence-electron chi connectivity index (χ1n) is 9.34. The van der Waals surface area contributed by atoms with E-state index in [1.807, 2.05) is 56.1 Å². The van der Waals surface area contributed by atoms with Crippen LogP contribution in [0, 0.1) is 0 Å². The van der Waals surface area contributed by atoms with Gasteiger partial charge in [-0.15, -0.1) is 0 Å². The molecule has 5 nitrogen and oxygen atoms in total. The first-order valence-corrected chi connectivity index (χ1v) is 10.2. The Kier molecular flexibility index (Phi) is 5.00. The molecule has 0 bridgehead atoms. The van der Waals surface area contributed by atoms with Crippen LogP contribution < -0.4 is 9.47 Å². The Morgan fingerprint density at radius 1 is 1.19 bits per heavy atom. The van der Waals surface area contributed by atoms with Crippen molar-refractivity contribution in [2.45, 2.75) is 44.2 Å². The summed E-state index contributed by atoms with van der Waals surface area (Å²) in [6, 6.07) is 12.1. The van der Waals surface area contributed by atoms with Gasteiger partial charge in [-0.25, -0.2) is 0 Å². The third-order valence-electron chi connectivity index (χ3n) is 4.78. The van der Waals surface area contributed by atoms with E-state index in [9.17, 15) is 0 Å². The molecule has 2 aromatic rings. The van der Waals surface area contributed by atoms with E-state index in [1.165, 1.54) is 0 Å². The number of aromatic nitrogens is 1. The first-order chi connectivity index (χ1) is 13.1. The molecule has 1 aromatic carbocycles. The quantitative estimate of drug-likeness (QED) is 0.762. The zero-order valence-corrected chi connectivity index (χ0v) is 16.9. The lowest BCUT2D eigenvalue weighted by Crippen LogP contribution is -2.29. The molecule has 0 spiro atoms. The van der Waals surface area contributed by atoms with Gasteiger partial charge in [0.15, 0.2) is 16.7 Å². The summed E-state index contributed by atoms with van der Waals surface area (Å²) in [4.78, 5) is 12.1. The molecule has 27 heavy (non-hydrogen) atoms. The van der Waals surface area contributed by atoms with Crippen LogP contribution in [0.5, 0.6) is 11.5 Å². The van der Waals surface area contributed by atoms with Crippen LogP contribution in [0.4, 0.5) is 0 Å². The number of nitrogens with zero attached hydrogens (tertiary/aromatic N) is 3. The summed E-state index contributed by atoms with van der Waals surface area (Å²) in [6.07, 6.45) is 1.89. The van der Waals surface area contributed by atoms with Crippen LogP contribution in [0.3, 0.4) is 0 Å². The van der Waals surface area contributed by atoms with Gasteiger partial charge in [-0.05, 0) is 32.0 Å². The van der Waals surface area contributed by atoms with E-state index in [4.69, 9.17) is 14.5 Å². The third kappa shape index (κ3) is 3.38. The molecular formula is C21H25N3O2S. The summed E-state index contributed by atoms with van der Waals surface area (Å²) >= 11 is 1.84.